The fraction of sp³-hybridized carbons (Fsp3) is 0.269. The van der Waals surface area contributed by atoms with Crippen molar-refractivity contribution in [3.05, 3.63) is 287 Å². The number of aromatic nitrogens is 9. The fourth-order valence-corrected chi connectivity index (χ4v) is 12.5. The molecular formula is C78H81N15O3. The number of pyridine rings is 3. The first-order chi connectivity index (χ1) is 47.0. The van der Waals surface area contributed by atoms with E-state index < -0.39 is 0 Å². The number of hydrogen-bond donors (Lipinski definition) is 2. The number of morpholine rings is 3. The molecular weight excluding hydrogens is 1190 g/mol. The number of nitrogens with zero attached hydrogens (tertiary/aromatic N) is 13. The van der Waals surface area contributed by atoms with Crippen molar-refractivity contribution in [1.29, 1.82) is 0 Å². The van der Waals surface area contributed by atoms with Gasteiger partial charge in [-0.15, -0.1) is 0 Å². The largest absolute Gasteiger partial charge is 0.378 e. The van der Waals surface area contributed by atoms with Crippen LogP contribution in [0.2, 0.25) is 0 Å². The van der Waals surface area contributed by atoms with Crippen LogP contribution in [0.5, 0.6) is 0 Å². The first kappa shape index (κ1) is 64.2. The summed E-state index contributed by atoms with van der Waals surface area (Å²) in [5.41, 5.74) is 23.8. The van der Waals surface area contributed by atoms with Gasteiger partial charge in [0.05, 0.1) is 109 Å². The Morgan fingerprint density at radius 1 is 0.469 bits per heavy atom. The van der Waals surface area contributed by atoms with E-state index in [9.17, 15) is 0 Å². The van der Waals surface area contributed by atoms with Gasteiger partial charge in [0.1, 0.15) is 0 Å². The lowest BCUT2D eigenvalue weighted by Gasteiger charge is -2.29. The lowest BCUT2D eigenvalue weighted by molar-refractivity contribution is 0.122. The van der Waals surface area contributed by atoms with Crippen molar-refractivity contribution in [2.45, 2.75) is 52.2 Å². The van der Waals surface area contributed by atoms with E-state index in [1.165, 1.54) is 38.9 Å². The summed E-state index contributed by atoms with van der Waals surface area (Å²) in [7, 11) is 2.02. The van der Waals surface area contributed by atoms with Crippen LogP contribution < -0.4 is 25.3 Å². The molecule has 6 aliphatic rings. The Morgan fingerprint density at radius 3 is 1.27 bits per heavy atom. The highest BCUT2D eigenvalue weighted by Gasteiger charge is 2.25. The summed E-state index contributed by atoms with van der Waals surface area (Å²) in [6.07, 6.45) is 26.4. The SMILES string of the molecule is C=C(NCc1ccc(C)cc1)c1ncc(C2=CCc3ncc(N4CCOCC4)cc32)cn1.C=C(N[C@H](C)c1ccccc1)c1ncc(C2=CCc3ncc(N4CCOCC4)cc32)cn1.C=C(c1ncc(C2=CCc3ncc(N4CCOCC4)cc32)cn1)N(C)Cc1ccccc1. The van der Waals surface area contributed by atoms with Crippen LogP contribution in [-0.4, -0.2) is 136 Å². The van der Waals surface area contributed by atoms with Crippen molar-refractivity contribution in [3.63, 3.8) is 0 Å². The molecule has 3 saturated heterocycles. The van der Waals surface area contributed by atoms with E-state index in [1.807, 2.05) is 99.2 Å². The van der Waals surface area contributed by atoms with E-state index in [0.717, 1.165) is 178 Å². The van der Waals surface area contributed by atoms with Crippen molar-refractivity contribution in [1.82, 2.24) is 60.4 Å². The molecule has 15 rings (SSSR count). The van der Waals surface area contributed by atoms with Gasteiger partial charge in [-0.3, -0.25) is 15.0 Å². The van der Waals surface area contributed by atoms with Gasteiger partial charge in [-0.2, -0.15) is 0 Å². The summed E-state index contributed by atoms with van der Waals surface area (Å²) in [6, 6.07) is 35.9. The molecule has 6 aromatic heterocycles. The number of aryl methyl sites for hydroxylation is 1. The molecule has 3 aliphatic heterocycles. The summed E-state index contributed by atoms with van der Waals surface area (Å²) in [5, 5.41) is 6.72. The van der Waals surface area contributed by atoms with Crippen molar-refractivity contribution < 1.29 is 14.2 Å². The molecule has 3 fully saturated rings. The van der Waals surface area contributed by atoms with Crippen LogP contribution in [0.3, 0.4) is 0 Å². The molecule has 2 N–H and O–H groups in total. The van der Waals surface area contributed by atoms with E-state index in [1.54, 1.807) is 0 Å². The molecule has 0 saturated carbocycles. The minimum atomic E-state index is 0.126. The van der Waals surface area contributed by atoms with Gasteiger partial charge in [-0.25, -0.2) is 29.9 Å². The maximum atomic E-state index is 5.48. The predicted octanol–water partition coefficient (Wildman–Crippen LogP) is 11.6. The summed E-state index contributed by atoms with van der Waals surface area (Å²) in [5.74, 6) is 1.86. The molecule has 18 heteroatoms. The van der Waals surface area contributed by atoms with Crippen LogP contribution in [0.25, 0.3) is 33.8 Å². The van der Waals surface area contributed by atoms with E-state index in [-0.39, 0.29) is 6.04 Å². The molecule has 96 heavy (non-hydrogen) atoms. The summed E-state index contributed by atoms with van der Waals surface area (Å²) < 4.78 is 16.4. The average Bonchev–Trinajstić information content (AvgIpc) is 1.66. The smallest absolute Gasteiger partial charge is 0.175 e. The standard InChI is InChI=1S/3C26H27N5O/c1-18-3-5-20(6-4-18)14-27-19(2)26-29-15-21(16-30-26)23-7-8-25-24(23)13-22(17-28-25)31-9-11-32-12-10-31;1-19(30(2)18-20-6-4-3-5-7-20)26-28-15-21(16-29-26)23-8-9-25-24(23)14-22(17-27-25)31-10-12-32-13-11-31;1-18(20-6-4-3-5-7-20)30-19(2)26-28-15-21(16-29-26)23-8-9-25-24(23)14-22(17-27-25)31-10-12-32-13-11-31/h3-7,13,15-17,27H,2,8-12,14H2,1H3;3-8,14-17H,1,9-13,18H2,2H3;3-8,14-18,30H,2,9-13H2,1H3/t;;18-/m..1/s1. The number of ether oxygens (including phenoxy) is 3. The van der Waals surface area contributed by atoms with E-state index in [2.05, 4.69) is 179 Å². The van der Waals surface area contributed by atoms with Crippen LogP contribution >= 0.6 is 0 Å². The van der Waals surface area contributed by atoms with E-state index in [4.69, 9.17) is 29.2 Å². The molecule has 0 unspecified atom stereocenters. The molecule has 3 aliphatic carbocycles. The molecule has 9 aromatic rings. The molecule has 0 amide bonds. The van der Waals surface area contributed by atoms with E-state index >= 15 is 0 Å². The molecule has 9 heterocycles. The van der Waals surface area contributed by atoms with E-state index in [0.29, 0.717) is 35.4 Å². The summed E-state index contributed by atoms with van der Waals surface area (Å²) >= 11 is 0. The Balaban J connectivity index is 0.000000130. The zero-order chi connectivity index (χ0) is 65.7. The highest BCUT2D eigenvalue weighted by molar-refractivity contribution is 5.87. The normalized spacial score (nSPS) is 15.6. The Kier molecular flexibility index (Phi) is 20.2. The molecule has 0 bridgehead atoms. The minimum absolute atomic E-state index is 0.126. The van der Waals surface area contributed by atoms with Gasteiger partial charge in [-0.1, -0.05) is 128 Å². The third kappa shape index (κ3) is 15.3. The third-order valence-electron chi connectivity index (χ3n) is 18.1. The van der Waals surface area contributed by atoms with Gasteiger partial charge in [0, 0.05) is 155 Å². The Labute approximate surface area is 562 Å². The number of fused-ring (bicyclic) bond motifs is 3. The van der Waals surface area contributed by atoms with Crippen molar-refractivity contribution in [2.75, 3.05) is 101 Å². The zero-order valence-electron chi connectivity index (χ0n) is 55.0. The number of anilines is 3. The third-order valence-corrected chi connectivity index (χ3v) is 18.1. The first-order valence-corrected chi connectivity index (χ1v) is 33.0. The maximum absolute atomic E-state index is 5.48. The van der Waals surface area contributed by atoms with Gasteiger partial charge in [0.25, 0.3) is 0 Å². The van der Waals surface area contributed by atoms with Gasteiger partial charge in [0.2, 0.25) is 0 Å². The number of rotatable bonds is 18. The predicted molar refractivity (Wildman–Crippen MR) is 381 cm³/mol. The fourth-order valence-electron chi connectivity index (χ4n) is 12.5. The Morgan fingerprint density at radius 2 is 0.854 bits per heavy atom. The molecule has 0 spiro atoms. The number of nitrogens with one attached hydrogen (secondary N) is 2. The van der Waals surface area contributed by atoms with Crippen molar-refractivity contribution >= 4 is 50.9 Å². The zero-order valence-corrected chi connectivity index (χ0v) is 55.0. The number of benzene rings is 3. The monoisotopic (exact) mass is 1280 g/mol. The van der Waals surface area contributed by atoms with Crippen LogP contribution in [0.1, 0.15) is 103 Å². The van der Waals surface area contributed by atoms with Gasteiger partial charge >= 0.3 is 0 Å². The molecule has 3 aromatic carbocycles. The summed E-state index contributed by atoms with van der Waals surface area (Å²) in [6.45, 7) is 28.1. The van der Waals surface area contributed by atoms with Gasteiger partial charge < -0.3 is 44.4 Å². The Bertz CT molecular complexity index is 4300. The average molecular weight is 1280 g/mol. The second-order valence-corrected chi connectivity index (χ2v) is 24.6. The molecule has 0 radical (unpaired) electrons. The Hall–Kier alpha value is -10.5. The van der Waals surface area contributed by atoms with Crippen LogP contribution in [0, 0.1) is 6.92 Å². The minimum Gasteiger partial charge on any atom is -0.378 e. The quantitative estimate of drug-likeness (QED) is 0.0827. The highest BCUT2D eigenvalue weighted by atomic mass is 16.5. The lowest BCUT2D eigenvalue weighted by Crippen LogP contribution is -2.36. The molecule has 486 valence electrons. The number of hydrogen-bond acceptors (Lipinski definition) is 18. The second-order valence-electron chi connectivity index (χ2n) is 24.6. The van der Waals surface area contributed by atoms with Crippen LogP contribution in [0.4, 0.5) is 17.1 Å². The van der Waals surface area contributed by atoms with Crippen molar-refractivity contribution in [2.24, 2.45) is 0 Å². The molecule has 1 atom stereocenters. The van der Waals surface area contributed by atoms with Crippen molar-refractivity contribution in [3.8, 4) is 0 Å². The first-order valence-electron chi connectivity index (χ1n) is 33.0. The lowest BCUT2D eigenvalue weighted by atomic mass is 10.0. The van der Waals surface area contributed by atoms with Gasteiger partial charge in [-0.05, 0) is 65.5 Å². The van der Waals surface area contributed by atoms with Gasteiger partial charge in [0.15, 0.2) is 17.5 Å². The van der Waals surface area contributed by atoms with Crippen LogP contribution in [0.15, 0.2) is 197 Å². The number of allylic oxidation sites excluding steroid dienone is 3. The molecule has 18 nitrogen and oxygen atoms in total. The maximum Gasteiger partial charge on any atom is 0.175 e. The second kappa shape index (κ2) is 30.3. The topological polar surface area (TPSA) is 181 Å². The highest BCUT2D eigenvalue weighted by Crippen LogP contribution is 2.37. The summed E-state index contributed by atoms with van der Waals surface area (Å²) in [4.78, 5) is 50.8. The van der Waals surface area contributed by atoms with Crippen LogP contribution in [-0.2, 0) is 46.6 Å².